The Hall–Kier alpha value is -3.12. The number of hydrogen-bond donors (Lipinski definition) is 2. The number of carbonyl (C=O) groups is 1. The van der Waals surface area contributed by atoms with E-state index >= 15 is 0 Å². The molecule has 0 unspecified atom stereocenters. The highest BCUT2D eigenvalue weighted by Gasteiger charge is 2.05. The number of halogens is 2. The van der Waals surface area contributed by atoms with E-state index in [9.17, 15) is 9.18 Å². The molecule has 1 aromatic heterocycles. The van der Waals surface area contributed by atoms with Crippen LogP contribution in [0.5, 0.6) is 5.75 Å². The first-order valence-electron chi connectivity index (χ1n) is 8.26. The van der Waals surface area contributed by atoms with Gasteiger partial charge < -0.3 is 15.4 Å². The van der Waals surface area contributed by atoms with Crippen LogP contribution in [0.4, 0.5) is 21.6 Å². The summed E-state index contributed by atoms with van der Waals surface area (Å²) in [6.07, 6.45) is 1.78. The van der Waals surface area contributed by atoms with Gasteiger partial charge in [0.15, 0.2) is 0 Å². The fraction of sp³-hybridized carbons (Fsp3) is 0.100. The van der Waals surface area contributed by atoms with Crippen LogP contribution in [0.2, 0.25) is 5.02 Å². The molecular weight excluding hydrogens is 369 g/mol. The Labute approximate surface area is 161 Å². The maximum atomic E-state index is 13.2. The average molecular weight is 386 g/mol. The van der Waals surface area contributed by atoms with Crippen molar-refractivity contribution in [3.63, 3.8) is 0 Å². The third-order valence-corrected chi connectivity index (χ3v) is 3.87. The molecule has 0 aliphatic rings. The molecule has 0 bridgehead atoms. The minimum absolute atomic E-state index is 0.0366. The summed E-state index contributed by atoms with van der Waals surface area (Å²) in [4.78, 5) is 16.1. The fourth-order valence-corrected chi connectivity index (χ4v) is 2.45. The largest absolute Gasteiger partial charge is 0.493 e. The molecule has 7 heteroatoms. The van der Waals surface area contributed by atoms with E-state index in [4.69, 9.17) is 16.3 Å². The van der Waals surface area contributed by atoms with Crippen molar-refractivity contribution in [2.24, 2.45) is 0 Å². The molecule has 0 spiro atoms. The molecule has 0 fully saturated rings. The van der Waals surface area contributed by atoms with Crippen molar-refractivity contribution in [3.8, 4) is 5.75 Å². The number of carbonyl (C=O) groups excluding carboxylic acids is 1. The highest BCUT2D eigenvalue weighted by atomic mass is 35.5. The number of rotatable bonds is 7. The molecule has 0 aliphatic heterocycles. The summed E-state index contributed by atoms with van der Waals surface area (Å²) in [7, 11) is 0. The van der Waals surface area contributed by atoms with Crippen LogP contribution in [0.1, 0.15) is 6.42 Å². The molecule has 0 radical (unpaired) electrons. The summed E-state index contributed by atoms with van der Waals surface area (Å²) in [5.74, 6) is 0.487. The van der Waals surface area contributed by atoms with E-state index in [1.54, 1.807) is 24.4 Å². The number of anilines is 3. The Morgan fingerprint density at radius 2 is 1.85 bits per heavy atom. The van der Waals surface area contributed by atoms with Crippen molar-refractivity contribution in [2.45, 2.75) is 6.42 Å². The van der Waals surface area contributed by atoms with Crippen molar-refractivity contribution in [1.29, 1.82) is 0 Å². The van der Waals surface area contributed by atoms with Crippen LogP contribution >= 0.6 is 11.6 Å². The van der Waals surface area contributed by atoms with Gasteiger partial charge in [-0.05, 0) is 42.5 Å². The standard InChI is InChI=1S/C20H17ClFN3O2/c21-17-12-14(6-8-18(17)22)24-15-7-9-19(23-13-15)25-20(26)10-11-27-16-4-2-1-3-5-16/h1-9,12-13,24H,10-11H2,(H,23,25,26). The molecule has 0 atom stereocenters. The van der Waals surface area contributed by atoms with E-state index in [-0.39, 0.29) is 24.0 Å². The molecule has 138 valence electrons. The van der Waals surface area contributed by atoms with Gasteiger partial charge in [0.2, 0.25) is 5.91 Å². The van der Waals surface area contributed by atoms with Crippen LogP contribution in [0, 0.1) is 5.82 Å². The molecule has 3 rings (SSSR count). The zero-order valence-corrected chi connectivity index (χ0v) is 15.0. The van der Waals surface area contributed by atoms with Crippen LogP contribution in [-0.4, -0.2) is 17.5 Å². The van der Waals surface area contributed by atoms with E-state index < -0.39 is 5.82 Å². The summed E-state index contributed by atoms with van der Waals surface area (Å²) in [6.45, 7) is 0.279. The van der Waals surface area contributed by atoms with E-state index in [2.05, 4.69) is 15.6 Å². The molecular formula is C20H17ClFN3O2. The van der Waals surface area contributed by atoms with Crippen LogP contribution in [-0.2, 0) is 4.79 Å². The molecule has 27 heavy (non-hydrogen) atoms. The first-order chi connectivity index (χ1) is 13.1. The van der Waals surface area contributed by atoms with Crippen molar-refractivity contribution in [2.75, 3.05) is 17.2 Å². The van der Waals surface area contributed by atoms with Crippen molar-refractivity contribution >= 4 is 34.7 Å². The van der Waals surface area contributed by atoms with E-state index in [0.717, 1.165) is 5.75 Å². The summed E-state index contributed by atoms with van der Waals surface area (Å²) in [5.41, 5.74) is 1.32. The first-order valence-corrected chi connectivity index (χ1v) is 8.64. The number of aromatic nitrogens is 1. The second kappa shape index (κ2) is 9.00. The van der Waals surface area contributed by atoms with Gasteiger partial charge in [-0.25, -0.2) is 9.37 Å². The Morgan fingerprint density at radius 1 is 1.07 bits per heavy atom. The van der Waals surface area contributed by atoms with E-state index in [1.165, 1.54) is 12.1 Å². The normalized spacial score (nSPS) is 10.3. The van der Waals surface area contributed by atoms with E-state index in [0.29, 0.717) is 17.2 Å². The fourth-order valence-electron chi connectivity index (χ4n) is 2.27. The molecule has 1 amide bonds. The number of ether oxygens (including phenoxy) is 1. The second-order valence-corrected chi connectivity index (χ2v) is 6.05. The van der Waals surface area contributed by atoms with Gasteiger partial charge in [0.05, 0.1) is 29.9 Å². The van der Waals surface area contributed by atoms with Gasteiger partial charge in [0.1, 0.15) is 17.4 Å². The van der Waals surface area contributed by atoms with Crippen LogP contribution in [0.25, 0.3) is 0 Å². The molecule has 2 N–H and O–H groups in total. The topological polar surface area (TPSA) is 63.2 Å². The molecule has 0 aliphatic carbocycles. The molecule has 3 aromatic rings. The van der Waals surface area contributed by atoms with Gasteiger partial charge in [-0.1, -0.05) is 29.8 Å². The molecule has 2 aromatic carbocycles. The predicted molar refractivity (Wildman–Crippen MR) is 104 cm³/mol. The van der Waals surface area contributed by atoms with Gasteiger partial charge in [-0.3, -0.25) is 4.79 Å². The average Bonchev–Trinajstić information content (AvgIpc) is 2.67. The first kappa shape index (κ1) is 18.7. The Bertz CT molecular complexity index is 905. The number of hydrogen-bond acceptors (Lipinski definition) is 4. The lowest BCUT2D eigenvalue weighted by atomic mass is 10.3. The Balaban J connectivity index is 1.48. The van der Waals surface area contributed by atoms with Crippen molar-refractivity contribution < 1.29 is 13.9 Å². The third-order valence-electron chi connectivity index (χ3n) is 3.58. The zero-order chi connectivity index (χ0) is 19.1. The molecule has 0 saturated carbocycles. The molecule has 0 saturated heterocycles. The summed E-state index contributed by atoms with van der Waals surface area (Å²) >= 11 is 5.75. The highest BCUT2D eigenvalue weighted by Crippen LogP contribution is 2.22. The van der Waals surface area contributed by atoms with Gasteiger partial charge in [0.25, 0.3) is 0 Å². The lowest BCUT2D eigenvalue weighted by Gasteiger charge is -2.09. The monoisotopic (exact) mass is 385 g/mol. The molecule has 5 nitrogen and oxygen atoms in total. The SMILES string of the molecule is O=C(CCOc1ccccc1)Nc1ccc(Nc2ccc(F)c(Cl)c2)cn1. The summed E-state index contributed by atoms with van der Waals surface area (Å²) < 4.78 is 18.7. The summed E-state index contributed by atoms with van der Waals surface area (Å²) in [5, 5.41) is 5.80. The van der Waals surface area contributed by atoms with Crippen LogP contribution in [0.3, 0.4) is 0 Å². The summed E-state index contributed by atoms with van der Waals surface area (Å²) in [6, 6.07) is 17.1. The quantitative estimate of drug-likeness (QED) is 0.599. The minimum Gasteiger partial charge on any atom is -0.493 e. The number of nitrogens with zero attached hydrogens (tertiary/aromatic N) is 1. The maximum absolute atomic E-state index is 13.2. The van der Waals surface area contributed by atoms with Gasteiger partial charge in [0, 0.05) is 5.69 Å². The minimum atomic E-state index is -0.477. The zero-order valence-electron chi connectivity index (χ0n) is 14.3. The number of para-hydroxylation sites is 1. The number of benzene rings is 2. The maximum Gasteiger partial charge on any atom is 0.228 e. The molecule has 1 heterocycles. The third kappa shape index (κ3) is 5.69. The number of nitrogens with one attached hydrogen (secondary N) is 2. The smallest absolute Gasteiger partial charge is 0.228 e. The number of amides is 1. The van der Waals surface area contributed by atoms with Crippen molar-refractivity contribution in [1.82, 2.24) is 4.98 Å². The van der Waals surface area contributed by atoms with Gasteiger partial charge >= 0.3 is 0 Å². The van der Waals surface area contributed by atoms with E-state index in [1.807, 2.05) is 30.3 Å². The second-order valence-electron chi connectivity index (χ2n) is 5.65. The predicted octanol–water partition coefficient (Wildman–Crippen LogP) is 5.03. The van der Waals surface area contributed by atoms with Gasteiger partial charge in [-0.2, -0.15) is 0 Å². The van der Waals surface area contributed by atoms with Crippen LogP contribution in [0.15, 0.2) is 66.9 Å². The van der Waals surface area contributed by atoms with Gasteiger partial charge in [-0.15, -0.1) is 0 Å². The lowest BCUT2D eigenvalue weighted by Crippen LogP contribution is -2.15. The number of pyridine rings is 1. The van der Waals surface area contributed by atoms with Crippen LogP contribution < -0.4 is 15.4 Å². The highest BCUT2D eigenvalue weighted by molar-refractivity contribution is 6.31. The van der Waals surface area contributed by atoms with Crippen molar-refractivity contribution in [3.05, 3.63) is 77.7 Å². The Kier molecular flexibility index (Phi) is 6.22. The lowest BCUT2D eigenvalue weighted by molar-refractivity contribution is -0.116. The Morgan fingerprint density at radius 3 is 2.56 bits per heavy atom.